The third-order valence-electron chi connectivity index (χ3n) is 5.76. The molecule has 0 spiro atoms. The van der Waals surface area contributed by atoms with Gasteiger partial charge in [0.1, 0.15) is 17.2 Å². The minimum atomic E-state index is -0.597. The van der Waals surface area contributed by atoms with E-state index in [2.05, 4.69) is 0 Å². The third kappa shape index (κ3) is 4.36. The second-order valence-corrected chi connectivity index (χ2v) is 8.54. The van der Waals surface area contributed by atoms with Gasteiger partial charge in [0.15, 0.2) is 24.1 Å². The molecule has 2 heterocycles. The second-order valence-electron chi connectivity index (χ2n) is 8.11. The monoisotopic (exact) mass is 508 g/mol. The summed E-state index contributed by atoms with van der Waals surface area (Å²) in [7, 11) is 2.99. The van der Waals surface area contributed by atoms with Crippen LogP contribution in [0.3, 0.4) is 0 Å². The van der Waals surface area contributed by atoms with Crippen LogP contribution in [0.4, 0.5) is 0 Å². The molecule has 2 aliphatic rings. The van der Waals surface area contributed by atoms with E-state index < -0.39 is 5.97 Å². The van der Waals surface area contributed by atoms with Crippen molar-refractivity contribution in [1.82, 2.24) is 0 Å². The van der Waals surface area contributed by atoms with Crippen molar-refractivity contribution in [3.63, 3.8) is 0 Å². The standard InChI is InChI=1S/C27H21ClO8/c1-14-6-19(35-27(30)15-4-5-20(31-2)21(9-15)32-3)11-22-24(14)25(29)23(36-22)10-16-7-18(28)8-17-12-33-13-34-26(16)17/h4-11H,12-13H2,1-3H3/b23-10-. The molecule has 0 unspecified atom stereocenters. The molecule has 8 nitrogen and oxygen atoms in total. The van der Waals surface area contributed by atoms with E-state index in [9.17, 15) is 9.59 Å². The number of Topliss-reactive ketones (excluding diaryl/α,β-unsaturated/α-hetero) is 1. The van der Waals surface area contributed by atoms with E-state index in [1.807, 2.05) is 0 Å². The summed E-state index contributed by atoms with van der Waals surface area (Å²) in [6.45, 7) is 2.21. The van der Waals surface area contributed by atoms with Crippen LogP contribution in [0.25, 0.3) is 6.08 Å². The number of benzene rings is 3. The van der Waals surface area contributed by atoms with Crippen molar-refractivity contribution in [3.8, 4) is 28.7 Å². The highest BCUT2D eigenvalue weighted by atomic mass is 35.5. The molecular weight excluding hydrogens is 488 g/mol. The molecule has 0 aliphatic carbocycles. The van der Waals surface area contributed by atoms with Gasteiger partial charge in [-0.15, -0.1) is 0 Å². The number of methoxy groups -OCH3 is 2. The lowest BCUT2D eigenvalue weighted by Crippen LogP contribution is -2.12. The average Bonchev–Trinajstić information content (AvgIpc) is 3.18. The molecule has 3 aromatic carbocycles. The summed E-state index contributed by atoms with van der Waals surface area (Å²) in [6.07, 6.45) is 1.59. The predicted octanol–water partition coefficient (Wildman–Crippen LogP) is 5.37. The number of halogens is 1. The molecule has 5 rings (SSSR count). The molecule has 184 valence electrons. The Morgan fingerprint density at radius 1 is 1.06 bits per heavy atom. The van der Waals surface area contributed by atoms with Crippen LogP contribution in [0.1, 0.15) is 37.4 Å². The van der Waals surface area contributed by atoms with Gasteiger partial charge in [0.05, 0.1) is 32.0 Å². The van der Waals surface area contributed by atoms with Gasteiger partial charge in [-0.1, -0.05) is 11.6 Å². The Hall–Kier alpha value is -4.01. The topological polar surface area (TPSA) is 89.5 Å². The highest BCUT2D eigenvalue weighted by molar-refractivity contribution is 6.31. The van der Waals surface area contributed by atoms with Crippen molar-refractivity contribution in [3.05, 3.63) is 81.1 Å². The summed E-state index contributed by atoms with van der Waals surface area (Å²) in [5, 5.41) is 0.484. The zero-order chi connectivity index (χ0) is 25.4. The minimum Gasteiger partial charge on any atom is -0.493 e. The van der Waals surface area contributed by atoms with Gasteiger partial charge in [0.2, 0.25) is 5.78 Å². The molecule has 0 saturated heterocycles. The van der Waals surface area contributed by atoms with Gasteiger partial charge in [0.25, 0.3) is 0 Å². The van der Waals surface area contributed by atoms with E-state index in [4.69, 9.17) is 40.0 Å². The normalized spacial score (nSPS) is 15.0. The molecule has 9 heteroatoms. The Morgan fingerprint density at radius 3 is 2.64 bits per heavy atom. The summed E-state index contributed by atoms with van der Waals surface area (Å²) in [5.74, 6) is 1.23. The van der Waals surface area contributed by atoms with Crippen LogP contribution < -0.4 is 23.7 Å². The summed E-state index contributed by atoms with van der Waals surface area (Å²) in [6, 6.07) is 11.3. The SMILES string of the molecule is COc1ccc(C(=O)Oc2cc(C)c3c(c2)O/C(=C\c2cc(Cl)cc4c2OCOC4)C3=O)cc1OC. The van der Waals surface area contributed by atoms with Gasteiger partial charge in [-0.05, 0) is 55.0 Å². The van der Waals surface area contributed by atoms with E-state index in [1.54, 1.807) is 43.3 Å². The zero-order valence-electron chi connectivity index (χ0n) is 19.7. The van der Waals surface area contributed by atoms with Gasteiger partial charge < -0.3 is 28.4 Å². The highest BCUT2D eigenvalue weighted by Crippen LogP contribution is 2.40. The number of ether oxygens (including phenoxy) is 6. The van der Waals surface area contributed by atoms with E-state index in [1.165, 1.54) is 26.4 Å². The smallest absolute Gasteiger partial charge is 0.343 e. The highest BCUT2D eigenvalue weighted by Gasteiger charge is 2.31. The molecule has 0 amide bonds. The van der Waals surface area contributed by atoms with Gasteiger partial charge in [0, 0.05) is 22.2 Å². The van der Waals surface area contributed by atoms with Crippen molar-refractivity contribution in [2.24, 2.45) is 0 Å². The molecule has 0 atom stereocenters. The van der Waals surface area contributed by atoms with Crippen LogP contribution in [0.15, 0.2) is 48.2 Å². The van der Waals surface area contributed by atoms with Crippen LogP contribution in [0.5, 0.6) is 28.7 Å². The summed E-state index contributed by atoms with van der Waals surface area (Å²) >= 11 is 6.24. The number of rotatable bonds is 5. The van der Waals surface area contributed by atoms with Crippen LogP contribution in [0.2, 0.25) is 5.02 Å². The maximum absolute atomic E-state index is 13.1. The largest absolute Gasteiger partial charge is 0.493 e. The molecule has 0 bridgehead atoms. The molecule has 0 fully saturated rings. The Bertz CT molecular complexity index is 1430. The Labute approximate surface area is 211 Å². The first-order valence-corrected chi connectivity index (χ1v) is 11.3. The number of carbonyl (C=O) groups excluding carboxylic acids is 2. The van der Waals surface area contributed by atoms with Crippen LogP contribution >= 0.6 is 11.6 Å². The molecule has 0 N–H and O–H groups in total. The molecule has 2 aliphatic heterocycles. The number of esters is 1. The fraction of sp³-hybridized carbons (Fsp3) is 0.185. The van der Waals surface area contributed by atoms with Crippen molar-refractivity contribution in [2.75, 3.05) is 21.0 Å². The number of carbonyl (C=O) groups is 2. The number of ketones is 1. The maximum atomic E-state index is 13.1. The average molecular weight is 509 g/mol. The number of fused-ring (bicyclic) bond motifs is 2. The van der Waals surface area contributed by atoms with Gasteiger partial charge in [-0.3, -0.25) is 4.79 Å². The maximum Gasteiger partial charge on any atom is 0.343 e. The molecule has 36 heavy (non-hydrogen) atoms. The number of hydrogen-bond donors (Lipinski definition) is 0. The Morgan fingerprint density at radius 2 is 1.86 bits per heavy atom. The predicted molar refractivity (Wildman–Crippen MR) is 130 cm³/mol. The van der Waals surface area contributed by atoms with Crippen molar-refractivity contribution < 1.29 is 38.0 Å². The lowest BCUT2D eigenvalue weighted by Gasteiger charge is -2.20. The lowest BCUT2D eigenvalue weighted by atomic mass is 10.0. The first-order chi connectivity index (χ1) is 17.4. The van der Waals surface area contributed by atoms with Crippen LogP contribution in [-0.2, 0) is 11.3 Å². The molecule has 3 aromatic rings. The lowest BCUT2D eigenvalue weighted by molar-refractivity contribution is -0.0165. The number of aryl methyl sites for hydroxylation is 1. The Balaban J connectivity index is 1.42. The van der Waals surface area contributed by atoms with Crippen LogP contribution in [-0.4, -0.2) is 32.8 Å². The van der Waals surface area contributed by atoms with E-state index in [0.29, 0.717) is 51.3 Å². The summed E-state index contributed by atoms with van der Waals surface area (Å²) < 4.78 is 32.8. The zero-order valence-corrected chi connectivity index (χ0v) is 20.4. The van der Waals surface area contributed by atoms with Gasteiger partial charge in [-0.2, -0.15) is 0 Å². The van der Waals surface area contributed by atoms with Gasteiger partial charge >= 0.3 is 5.97 Å². The number of allylic oxidation sites excluding steroid dienone is 1. The minimum absolute atomic E-state index is 0.105. The first kappa shape index (κ1) is 23.7. The van der Waals surface area contributed by atoms with Crippen molar-refractivity contribution >= 4 is 29.4 Å². The van der Waals surface area contributed by atoms with Crippen molar-refractivity contribution in [2.45, 2.75) is 13.5 Å². The van der Waals surface area contributed by atoms with E-state index in [-0.39, 0.29) is 29.6 Å². The second kappa shape index (κ2) is 9.56. The molecule has 0 aromatic heterocycles. The summed E-state index contributed by atoms with van der Waals surface area (Å²) in [4.78, 5) is 25.9. The quantitative estimate of drug-likeness (QED) is 0.258. The summed E-state index contributed by atoms with van der Waals surface area (Å²) in [5.41, 5.74) is 2.66. The fourth-order valence-corrected chi connectivity index (χ4v) is 4.37. The third-order valence-corrected chi connectivity index (χ3v) is 5.98. The molecular formula is C27H21ClO8. The van der Waals surface area contributed by atoms with Crippen LogP contribution in [0, 0.1) is 6.92 Å². The molecule has 0 radical (unpaired) electrons. The number of hydrogen-bond acceptors (Lipinski definition) is 8. The van der Waals surface area contributed by atoms with E-state index in [0.717, 1.165) is 5.56 Å². The fourth-order valence-electron chi connectivity index (χ4n) is 4.12. The molecule has 0 saturated carbocycles. The first-order valence-electron chi connectivity index (χ1n) is 10.9. The van der Waals surface area contributed by atoms with E-state index >= 15 is 0 Å². The van der Waals surface area contributed by atoms with Gasteiger partial charge in [-0.25, -0.2) is 4.79 Å². The van der Waals surface area contributed by atoms with Crippen molar-refractivity contribution in [1.29, 1.82) is 0 Å². The Kier molecular flexibility index (Phi) is 6.30.